The minimum absolute atomic E-state index is 0.0245. The van der Waals surface area contributed by atoms with E-state index in [0.29, 0.717) is 30.1 Å². The highest BCUT2D eigenvalue weighted by Gasteiger charge is 2.39. The first-order chi connectivity index (χ1) is 17.7. The van der Waals surface area contributed by atoms with Crippen LogP contribution in [0, 0.1) is 0 Å². The number of nitrogens with one attached hydrogen (secondary N) is 2. The second-order valence-corrected chi connectivity index (χ2v) is 8.40. The van der Waals surface area contributed by atoms with Crippen molar-refractivity contribution >= 4 is 29.4 Å². The largest absolute Gasteiger partial charge is 0.473 e. The molecule has 4 amide bonds. The molecule has 4 N–H and O–H groups in total. The van der Waals surface area contributed by atoms with Gasteiger partial charge in [-0.3, -0.25) is 14.3 Å². The van der Waals surface area contributed by atoms with Gasteiger partial charge in [-0.05, 0) is 43.5 Å². The summed E-state index contributed by atoms with van der Waals surface area (Å²) in [5, 5.41) is 8.74. The zero-order valence-corrected chi connectivity index (χ0v) is 19.9. The lowest BCUT2D eigenvalue weighted by Gasteiger charge is -2.35. The van der Waals surface area contributed by atoms with E-state index in [-0.39, 0.29) is 17.8 Å². The van der Waals surface area contributed by atoms with E-state index < -0.39 is 53.5 Å². The Morgan fingerprint density at radius 3 is 2.34 bits per heavy atom. The second-order valence-electron chi connectivity index (χ2n) is 8.40. The Labute approximate surface area is 211 Å². The molecule has 1 atom stereocenters. The first-order valence-corrected chi connectivity index (χ1v) is 11.2. The minimum atomic E-state index is -5.16. The molecular formula is C22H23F6N7O3. The van der Waals surface area contributed by atoms with E-state index in [9.17, 15) is 40.7 Å². The normalized spacial score (nSPS) is 16.8. The van der Waals surface area contributed by atoms with Crippen molar-refractivity contribution in [1.29, 1.82) is 0 Å². The number of anilines is 1. The van der Waals surface area contributed by atoms with E-state index in [1.807, 2.05) is 0 Å². The summed E-state index contributed by atoms with van der Waals surface area (Å²) in [6.45, 7) is 0.328. The molecular weight excluding hydrogens is 524 g/mol. The van der Waals surface area contributed by atoms with Crippen LogP contribution in [-0.4, -0.2) is 63.7 Å². The number of halogens is 6. The number of nitrogens with zero attached hydrogens (tertiary/aromatic N) is 4. The summed E-state index contributed by atoms with van der Waals surface area (Å²) in [6.07, 6.45) is -7.85. The molecule has 206 valence electrons. The SMILES string of the molecule is Cn1nc(C(=O)NCC2CCCCN2C(=O)Nc2ccc(C(N)=NC(=O)C(F)(F)F)cc2)cc1C(F)(F)F. The van der Waals surface area contributed by atoms with Gasteiger partial charge >= 0.3 is 24.3 Å². The standard InChI is InChI=1S/C22H23F6N7O3/c1-34-16(21(23,24)25)10-15(33-34)18(36)30-11-14-4-2-3-9-35(14)20(38)31-13-7-5-12(6-8-13)17(29)32-19(37)22(26,27)28/h5-8,10,14H,2-4,9,11H2,1H3,(H,30,36)(H,31,38)(H2,29,32,37). The number of aliphatic imine (C=N–C) groups is 1. The van der Waals surface area contributed by atoms with Crippen LogP contribution >= 0.6 is 0 Å². The summed E-state index contributed by atoms with van der Waals surface area (Å²) in [5.41, 5.74) is 4.26. The predicted octanol–water partition coefficient (Wildman–Crippen LogP) is 3.05. The quantitative estimate of drug-likeness (QED) is 0.301. The van der Waals surface area contributed by atoms with E-state index in [1.165, 1.54) is 29.2 Å². The molecule has 1 fully saturated rings. The van der Waals surface area contributed by atoms with E-state index >= 15 is 0 Å². The molecule has 0 bridgehead atoms. The van der Waals surface area contributed by atoms with Crippen LogP contribution in [0.2, 0.25) is 0 Å². The number of rotatable bonds is 5. The number of nitrogens with two attached hydrogens (primary N) is 1. The number of carbonyl (C=O) groups is 3. The van der Waals surface area contributed by atoms with Crippen LogP contribution in [-0.2, 0) is 18.0 Å². The molecule has 0 spiro atoms. The van der Waals surface area contributed by atoms with Crippen LogP contribution in [0.3, 0.4) is 0 Å². The van der Waals surface area contributed by atoms with Gasteiger partial charge in [0.1, 0.15) is 11.5 Å². The van der Waals surface area contributed by atoms with Gasteiger partial charge < -0.3 is 21.3 Å². The molecule has 2 heterocycles. The smallest absolute Gasteiger partial charge is 0.383 e. The number of aryl methyl sites for hydroxylation is 1. The van der Waals surface area contributed by atoms with Gasteiger partial charge in [-0.1, -0.05) is 0 Å². The fourth-order valence-electron chi connectivity index (χ4n) is 3.78. The van der Waals surface area contributed by atoms with Gasteiger partial charge in [0, 0.05) is 37.5 Å². The fourth-order valence-corrected chi connectivity index (χ4v) is 3.78. The molecule has 0 radical (unpaired) electrons. The Hall–Kier alpha value is -4.11. The summed E-state index contributed by atoms with van der Waals surface area (Å²) in [7, 11) is 1.07. The lowest BCUT2D eigenvalue weighted by molar-refractivity contribution is -0.169. The Morgan fingerprint density at radius 2 is 1.76 bits per heavy atom. The first-order valence-electron chi connectivity index (χ1n) is 11.2. The summed E-state index contributed by atoms with van der Waals surface area (Å²) in [4.78, 5) is 40.5. The topological polar surface area (TPSA) is 135 Å². The molecule has 2 aromatic rings. The second kappa shape index (κ2) is 11.1. The van der Waals surface area contributed by atoms with Gasteiger partial charge in [0.2, 0.25) is 0 Å². The lowest BCUT2D eigenvalue weighted by atomic mass is 10.0. The van der Waals surface area contributed by atoms with E-state index in [1.54, 1.807) is 0 Å². The highest BCUT2D eigenvalue weighted by atomic mass is 19.4. The average molecular weight is 547 g/mol. The number of hydrogen-bond acceptors (Lipinski definition) is 4. The molecule has 1 unspecified atom stereocenters. The molecule has 1 aliphatic heterocycles. The van der Waals surface area contributed by atoms with Gasteiger partial charge in [0.25, 0.3) is 5.91 Å². The van der Waals surface area contributed by atoms with E-state index in [4.69, 9.17) is 5.73 Å². The third-order valence-electron chi connectivity index (χ3n) is 5.69. The molecule has 1 aromatic carbocycles. The number of carbonyl (C=O) groups excluding carboxylic acids is 3. The Bertz CT molecular complexity index is 1220. The minimum Gasteiger partial charge on any atom is -0.383 e. The maximum absolute atomic E-state index is 13.0. The summed E-state index contributed by atoms with van der Waals surface area (Å²) in [5.74, 6) is -3.81. The van der Waals surface area contributed by atoms with Crippen molar-refractivity contribution in [1.82, 2.24) is 20.0 Å². The van der Waals surface area contributed by atoms with Crippen LogP contribution in [0.15, 0.2) is 35.3 Å². The average Bonchev–Trinajstić information content (AvgIpc) is 3.25. The zero-order valence-electron chi connectivity index (χ0n) is 19.9. The molecule has 16 heteroatoms. The maximum atomic E-state index is 13.0. The van der Waals surface area contributed by atoms with Crippen molar-refractivity contribution in [3.8, 4) is 0 Å². The third kappa shape index (κ3) is 7.01. The van der Waals surface area contributed by atoms with Crippen LogP contribution in [0.5, 0.6) is 0 Å². The number of alkyl halides is 6. The Kier molecular flexibility index (Phi) is 8.31. The number of likely N-dealkylation sites (tertiary alicyclic amines) is 1. The summed E-state index contributed by atoms with van der Waals surface area (Å²) in [6, 6.07) is 4.92. The van der Waals surface area contributed by atoms with Gasteiger partial charge in [-0.2, -0.15) is 36.4 Å². The number of benzene rings is 1. The third-order valence-corrected chi connectivity index (χ3v) is 5.69. The zero-order chi connectivity index (χ0) is 28.3. The van der Waals surface area contributed by atoms with Crippen LogP contribution in [0.25, 0.3) is 0 Å². The maximum Gasteiger partial charge on any atom is 0.473 e. The van der Waals surface area contributed by atoms with Crippen molar-refractivity contribution in [2.75, 3.05) is 18.4 Å². The molecule has 1 saturated heterocycles. The van der Waals surface area contributed by atoms with Crippen molar-refractivity contribution in [3.63, 3.8) is 0 Å². The number of amides is 4. The molecule has 0 saturated carbocycles. The molecule has 0 aliphatic carbocycles. The highest BCUT2D eigenvalue weighted by molar-refractivity contribution is 6.05. The lowest BCUT2D eigenvalue weighted by Crippen LogP contribution is -2.50. The van der Waals surface area contributed by atoms with E-state index in [2.05, 4.69) is 20.7 Å². The van der Waals surface area contributed by atoms with Gasteiger partial charge in [-0.15, -0.1) is 0 Å². The molecule has 1 aliphatic rings. The van der Waals surface area contributed by atoms with Crippen LogP contribution in [0.1, 0.15) is 41.0 Å². The van der Waals surface area contributed by atoms with Crippen molar-refractivity contribution in [2.45, 2.75) is 37.7 Å². The van der Waals surface area contributed by atoms with Crippen LogP contribution in [0.4, 0.5) is 36.8 Å². The fraction of sp³-hybridized carbons (Fsp3) is 0.409. The first kappa shape index (κ1) is 28.5. The highest BCUT2D eigenvalue weighted by Crippen LogP contribution is 2.29. The number of aromatic nitrogens is 2. The summed E-state index contributed by atoms with van der Waals surface area (Å²) >= 11 is 0. The molecule has 10 nitrogen and oxygen atoms in total. The number of urea groups is 1. The Morgan fingerprint density at radius 1 is 1.11 bits per heavy atom. The molecule has 3 rings (SSSR count). The van der Waals surface area contributed by atoms with Gasteiger partial charge in [0.05, 0.1) is 6.04 Å². The number of hydrogen-bond donors (Lipinski definition) is 3. The van der Waals surface area contributed by atoms with Crippen molar-refractivity contribution < 1.29 is 40.7 Å². The predicted molar refractivity (Wildman–Crippen MR) is 122 cm³/mol. The van der Waals surface area contributed by atoms with E-state index in [0.717, 1.165) is 13.5 Å². The monoisotopic (exact) mass is 547 g/mol. The number of piperidine rings is 1. The van der Waals surface area contributed by atoms with Crippen molar-refractivity contribution in [3.05, 3.63) is 47.3 Å². The van der Waals surface area contributed by atoms with Gasteiger partial charge in [0.15, 0.2) is 5.69 Å². The Balaban J connectivity index is 1.62. The molecule has 38 heavy (non-hydrogen) atoms. The van der Waals surface area contributed by atoms with Crippen molar-refractivity contribution in [2.24, 2.45) is 17.8 Å². The molecule has 1 aromatic heterocycles. The van der Waals surface area contributed by atoms with Gasteiger partial charge in [-0.25, -0.2) is 4.79 Å². The van der Waals surface area contributed by atoms with Crippen LogP contribution < -0.4 is 16.4 Å². The number of amidine groups is 1. The summed E-state index contributed by atoms with van der Waals surface area (Å²) < 4.78 is 76.5.